The first-order valence-electron chi connectivity index (χ1n) is 5.21. The van der Waals surface area contributed by atoms with E-state index in [2.05, 4.69) is 5.32 Å². The van der Waals surface area contributed by atoms with Crippen LogP contribution in [-0.4, -0.2) is 40.7 Å². The molecule has 1 fully saturated rings. The quantitative estimate of drug-likeness (QED) is 0.604. The smallest absolute Gasteiger partial charge is 0.246 e. The molecule has 0 saturated carbocycles. The lowest BCUT2D eigenvalue weighted by Crippen LogP contribution is -2.68. The summed E-state index contributed by atoms with van der Waals surface area (Å²) in [6.07, 6.45) is 0.472. The maximum atomic E-state index is 11.7. The summed E-state index contributed by atoms with van der Waals surface area (Å²) in [4.78, 5) is 35.8. The SMILES string of the molecule is CCC(C(N)=O)N1CC(=O)NC(=O)C1(C)C. The van der Waals surface area contributed by atoms with E-state index in [4.69, 9.17) is 5.73 Å². The maximum Gasteiger partial charge on any atom is 0.246 e. The first kappa shape index (κ1) is 12.6. The van der Waals surface area contributed by atoms with Crippen molar-refractivity contribution in [3.63, 3.8) is 0 Å². The fourth-order valence-corrected chi connectivity index (χ4v) is 1.88. The van der Waals surface area contributed by atoms with Crippen LogP contribution in [0.4, 0.5) is 0 Å². The van der Waals surface area contributed by atoms with Crippen LogP contribution in [0.2, 0.25) is 0 Å². The van der Waals surface area contributed by atoms with Gasteiger partial charge < -0.3 is 5.73 Å². The number of hydrogen-bond acceptors (Lipinski definition) is 4. The van der Waals surface area contributed by atoms with Crippen molar-refractivity contribution < 1.29 is 14.4 Å². The second kappa shape index (κ2) is 4.21. The predicted octanol–water partition coefficient (Wildman–Crippen LogP) is -1.01. The highest BCUT2D eigenvalue weighted by atomic mass is 16.2. The van der Waals surface area contributed by atoms with E-state index in [0.717, 1.165) is 0 Å². The van der Waals surface area contributed by atoms with Crippen molar-refractivity contribution in [2.75, 3.05) is 6.54 Å². The second-order valence-corrected chi connectivity index (χ2v) is 4.39. The van der Waals surface area contributed by atoms with Gasteiger partial charge in [-0.05, 0) is 20.3 Å². The normalized spacial score (nSPS) is 22.7. The monoisotopic (exact) mass is 227 g/mol. The number of rotatable bonds is 3. The molecule has 6 nitrogen and oxygen atoms in total. The standard InChI is InChI=1S/C10H17N3O3/c1-4-6(8(11)15)13-5-7(14)12-9(16)10(13,2)3/h6H,4-5H2,1-3H3,(H2,11,15)(H,12,14,16). The molecule has 1 aliphatic rings. The molecule has 0 radical (unpaired) electrons. The Balaban J connectivity index is 3.03. The molecule has 1 rings (SSSR count). The Morgan fingerprint density at radius 3 is 2.56 bits per heavy atom. The molecule has 0 spiro atoms. The summed E-state index contributed by atoms with van der Waals surface area (Å²) in [5.74, 6) is -1.31. The molecule has 0 aliphatic carbocycles. The van der Waals surface area contributed by atoms with Crippen LogP contribution in [0.25, 0.3) is 0 Å². The molecule has 1 heterocycles. The minimum Gasteiger partial charge on any atom is -0.368 e. The van der Waals surface area contributed by atoms with E-state index in [1.807, 2.05) is 0 Å². The Kier molecular flexibility index (Phi) is 3.32. The van der Waals surface area contributed by atoms with Crippen LogP contribution >= 0.6 is 0 Å². The van der Waals surface area contributed by atoms with Crippen molar-refractivity contribution in [3.8, 4) is 0 Å². The minimum atomic E-state index is -0.899. The maximum absolute atomic E-state index is 11.7. The summed E-state index contributed by atoms with van der Waals surface area (Å²) in [5, 5.41) is 2.25. The molecule has 3 amide bonds. The van der Waals surface area contributed by atoms with Crippen molar-refractivity contribution in [3.05, 3.63) is 0 Å². The Labute approximate surface area is 94.2 Å². The number of nitrogens with one attached hydrogen (secondary N) is 1. The number of hydrogen-bond donors (Lipinski definition) is 2. The first-order chi connectivity index (χ1) is 7.30. The molecule has 1 unspecified atom stereocenters. The Bertz CT molecular complexity index is 338. The van der Waals surface area contributed by atoms with Crippen molar-refractivity contribution in [2.45, 2.75) is 38.8 Å². The summed E-state index contributed by atoms with van der Waals surface area (Å²) in [6, 6.07) is -0.593. The Morgan fingerprint density at radius 1 is 1.56 bits per heavy atom. The Hall–Kier alpha value is -1.43. The summed E-state index contributed by atoms with van der Waals surface area (Å²) in [5.41, 5.74) is 4.37. The molecule has 0 aromatic heterocycles. The zero-order chi connectivity index (χ0) is 12.5. The average Bonchev–Trinajstić information content (AvgIpc) is 2.14. The van der Waals surface area contributed by atoms with E-state index in [-0.39, 0.29) is 6.54 Å². The first-order valence-corrected chi connectivity index (χ1v) is 5.21. The van der Waals surface area contributed by atoms with Gasteiger partial charge in [-0.3, -0.25) is 24.6 Å². The third kappa shape index (κ3) is 2.06. The fraction of sp³-hybridized carbons (Fsp3) is 0.700. The van der Waals surface area contributed by atoms with Gasteiger partial charge in [-0.2, -0.15) is 0 Å². The van der Waals surface area contributed by atoms with Crippen LogP contribution in [0.1, 0.15) is 27.2 Å². The molecule has 3 N–H and O–H groups in total. The number of carbonyl (C=O) groups is 3. The number of nitrogens with two attached hydrogens (primary N) is 1. The van der Waals surface area contributed by atoms with E-state index in [0.29, 0.717) is 6.42 Å². The molecule has 0 aromatic rings. The highest BCUT2D eigenvalue weighted by Gasteiger charge is 2.45. The molecule has 1 atom stereocenters. The summed E-state index contributed by atoms with van der Waals surface area (Å²) < 4.78 is 0. The zero-order valence-electron chi connectivity index (χ0n) is 9.74. The summed E-state index contributed by atoms with van der Waals surface area (Å²) in [6.45, 7) is 5.14. The molecular formula is C10H17N3O3. The van der Waals surface area contributed by atoms with Gasteiger partial charge in [0, 0.05) is 0 Å². The molecule has 0 aromatic carbocycles. The van der Waals surface area contributed by atoms with Crippen LogP contribution in [0.5, 0.6) is 0 Å². The van der Waals surface area contributed by atoms with Crippen molar-refractivity contribution in [2.24, 2.45) is 5.73 Å². The highest BCUT2D eigenvalue weighted by molar-refractivity contribution is 6.03. The molecule has 1 aliphatic heterocycles. The van der Waals surface area contributed by atoms with Crippen molar-refractivity contribution in [1.29, 1.82) is 0 Å². The summed E-state index contributed by atoms with van der Waals surface area (Å²) >= 11 is 0. The van der Waals surface area contributed by atoms with Gasteiger partial charge in [0.05, 0.1) is 18.1 Å². The van der Waals surface area contributed by atoms with Crippen molar-refractivity contribution in [1.82, 2.24) is 10.2 Å². The number of carbonyl (C=O) groups excluding carboxylic acids is 3. The van der Waals surface area contributed by atoms with E-state index in [1.54, 1.807) is 25.7 Å². The van der Waals surface area contributed by atoms with Crippen LogP contribution in [-0.2, 0) is 14.4 Å². The van der Waals surface area contributed by atoms with Gasteiger partial charge in [-0.25, -0.2) is 0 Å². The summed E-state index contributed by atoms with van der Waals surface area (Å²) in [7, 11) is 0. The fourth-order valence-electron chi connectivity index (χ4n) is 1.88. The Morgan fingerprint density at radius 2 is 2.12 bits per heavy atom. The lowest BCUT2D eigenvalue weighted by Gasteiger charge is -2.43. The van der Waals surface area contributed by atoms with Crippen LogP contribution in [0.15, 0.2) is 0 Å². The van der Waals surface area contributed by atoms with E-state index < -0.39 is 29.3 Å². The van der Waals surface area contributed by atoms with E-state index in [9.17, 15) is 14.4 Å². The number of imide groups is 1. The van der Waals surface area contributed by atoms with Gasteiger partial charge in [-0.1, -0.05) is 6.92 Å². The highest BCUT2D eigenvalue weighted by Crippen LogP contribution is 2.22. The zero-order valence-corrected chi connectivity index (χ0v) is 9.74. The van der Waals surface area contributed by atoms with Gasteiger partial charge in [0.15, 0.2) is 0 Å². The number of primary amides is 1. The number of nitrogens with zero attached hydrogens (tertiary/aromatic N) is 1. The number of amides is 3. The number of piperazine rings is 1. The third-order valence-corrected chi connectivity index (χ3v) is 2.93. The van der Waals surface area contributed by atoms with Gasteiger partial charge in [0.2, 0.25) is 17.7 Å². The van der Waals surface area contributed by atoms with Gasteiger partial charge in [-0.15, -0.1) is 0 Å². The topological polar surface area (TPSA) is 92.5 Å². The van der Waals surface area contributed by atoms with Crippen LogP contribution < -0.4 is 11.1 Å². The molecular weight excluding hydrogens is 210 g/mol. The van der Waals surface area contributed by atoms with E-state index in [1.165, 1.54) is 0 Å². The predicted molar refractivity (Wildman–Crippen MR) is 57.2 cm³/mol. The van der Waals surface area contributed by atoms with Crippen molar-refractivity contribution >= 4 is 17.7 Å². The van der Waals surface area contributed by atoms with E-state index >= 15 is 0 Å². The van der Waals surface area contributed by atoms with Gasteiger partial charge >= 0.3 is 0 Å². The molecule has 6 heteroatoms. The minimum absolute atomic E-state index is 0.0141. The molecule has 16 heavy (non-hydrogen) atoms. The second-order valence-electron chi connectivity index (χ2n) is 4.39. The van der Waals surface area contributed by atoms with Crippen LogP contribution in [0.3, 0.4) is 0 Å². The van der Waals surface area contributed by atoms with Gasteiger partial charge in [0.1, 0.15) is 0 Å². The average molecular weight is 227 g/mol. The van der Waals surface area contributed by atoms with Gasteiger partial charge in [0.25, 0.3) is 0 Å². The molecule has 0 bridgehead atoms. The lowest BCUT2D eigenvalue weighted by molar-refractivity contribution is -0.149. The molecule has 90 valence electrons. The largest absolute Gasteiger partial charge is 0.368 e. The molecule has 1 saturated heterocycles. The third-order valence-electron chi connectivity index (χ3n) is 2.93. The lowest BCUT2D eigenvalue weighted by atomic mass is 9.95. The van der Waals surface area contributed by atoms with Crippen LogP contribution in [0, 0.1) is 0 Å².